The van der Waals surface area contributed by atoms with E-state index in [0.717, 1.165) is 43.5 Å². The highest BCUT2D eigenvalue weighted by atomic mass is 19.1. The first-order valence-corrected chi connectivity index (χ1v) is 10.3. The van der Waals surface area contributed by atoms with Crippen molar-refractivity contribution in [1.29, 1.82) is 5.26 Å². The Morgan fingerprint density at radius 2 is 2.23 bits per heavy atom. The Labute approximate surface area is 175 Å². The molecule has 156 valence electrons. The Bertz CT molecular complexity index is 983. The van der Waals surface area contributed by atoms with E-state index in [2.05, 4.69) is 21.3 Å². The molecule has 2 heterocycles. The molecule has 1 aromatic carbocycles. The van der Waals surface area contributed by atoms with E-state index in [1.807, 2.05) is 6.07 Å². The van der Waals surface area contributed by atoms with Gasteiger partial charge < -0.3 is 15.0 Å². The highest BCUT2D eigenvalue weighted by molar-refractivity contribution is 5.94. The maximum absolute atomic E-state index is 13.7. The number of methoxy groups -OCH3 is 1. The average Bonchev–Trinajstić information content (AvgIpc) is 3.52. The minimum Gasteiger partial charge on any atom is -0.496 e. The number of carbonyl (C=O) groups is 1. The van der Waals surface area contributed by atoms with E-state index in [0.29, 0.717) is 24.4 Å². The monoisotopic (exact) mass is 408 g/mol. The second kappa shape index (κ2) is 8.31. The van der Waals surface area contributed by atoms with Crippen LogP contribution >= 0.6 is 0 Å². The van der Waals surface area contributed by atoms with Crippen molar-refractivity contribution in [2.75, 3.05) is 25.1 Å². The van der Waals surface area contributed by atoms with E-state index in [-0.39, 0.29) is 17.6 Å². The molecule has 2 aliphatic rings. The molecule has 1 aromatic heterocycles. The van der Waals surface area contributed by atoms with Crippen molar-refractivity contribution in [2.24, 2.45) is 5.92 Å². The topological polar surface area (TPSA) is 78.2 Å². The van der Waals surface area contributed by atoms with Gasteiger partial charge in [-0.15, -0.1) is 0 Å². The molecule has 1 atom stereocenters. The molecule has 1 amide bonds. The van der Waals surface area contributed by atoms with Gasteiger partial charge >= 0.3 is 0 Å². The van der Waals surface area contributed by atoms with Crippen LogP contribution in [0.3, 0.4) is 0 Å². The number of ether oxygens (including phenoxy) is 1. The molecule has 30 heavy (non-hydrogen) atoms. The fourth-order valence-corrected chi connectivity index (χ4v) is 4.11. The normalized spacial score (nSPS) is 19.6. The average molecular weight is 408 g/mol. The zero-order valence-electron chi connectivity index (χ0n) is 17.0. The lowest BCUT2D eigenvalue weighted by atomic mass is 9.99. The van der Waals surface area contributed by atoms with Crippen molar-refractivity contribution in [1.82, 2.24) is 10.3 Å². The van der Waals surface area contributed by atoms with Gasteiger partial charge in [0.05, 0.1) is 19.1 Å². The second-order valence-electron chi connectivity index (χ2n) is 8.18. The number of benzene rings is 1. The fraction of sp³-hybridized carbons (Fsp3) is 0.435. The lowest BCUT2D eigenvalue weighted by Crippen LogP contribution is -2.39. The molecule has 0 radical (unpaired) electrons. The largest absolute Gasteiger partial charge is 0.496 e. The van der Waals surface area contributed by atoms with Gasteiger partial charge in [-0.3, -0.25) is 9.78 Å². The Balaban J connectivity index is 1.47. The summed E-state index contributed by atoms with van der Waals surface area (Å²) in [7, 11) is 1.56. The number of amides is 1. The van der Waals surface area contributed by atoms with E-state index >= 15 is 0 Å². The summed E-state index contributed by atoms with van der Waals surface area (Å²) in [6.07, 6.45) is 5.67. The fourth-order valence-electron chi connectivity index (χ4n) is 4.11. The molecule has 0 spiro atoms. The maximum Gasteiger partial charge on any atom is 0.270 e. The van der Waals surface area contributed by atoms with Gasteiger partial charge in [0.2, 0.25) is 0 Å². The number of nitriles is 1. The zero-order valence-corrected chi connectivity index (χ0v) is 17.0. The minimum absolute atomic E-state index is 0.0140. The quantitative estimate of drug-likeness (QED) is 0.792. The van der Waals surface area contributed by atoms with Crippen LogP contribution in [0.4, 0.5) is 10.1 Å². The number of pyridine rings is 1. The van der Waals surface area contributed by atoms with E-state index in [1.165, 1.54) is 12.1 Å². The molecule has 1 saturated carbocycles. The van der Waals surface area contributed by atoms with Gasteiger partial charge in [-0.1, -0.05) is 0 Å². The van der Waals surface area contributed by atoms with Gasteiger partial charge in [0.1, 0.15) is 17.3 Å². The van der Waals surface area contributed by atoms with E-state index in [4.69, 9.17) is 4.74 Å². The van der Waals surface area contributed by atoms with Crippen LogP contribution in [-0.2, 0) is 6.42 Å². The van der Waals surface area contributed by atoms with Gasteiger partial charge in [-0.2, -0.15) is 5.26 Å². The first-order valence-electron chi connectivity index (χ1n) is 10.3. The van der Waals surface area contributed by atoms with Crippen molar-refractivity contribution >= 4 is 11.6 Å². The van der Waals surface area contributed by atoms with Crippen LogP contribution in [-0.4, -0.2) is 36.6 Å². The van der Waals surface area contributed by atoms with Crippen molar-refractivity contribution in [3.8, 4) is 11.8 Å². The molecule has 0 unspecified atom stereocenters. The molecule has 7 heteroatoms. The highest BCUT2D eigenvalue weighted by Crippen LogP contribution is 2.41. The van der Waals surface area contributed by atoms with Crippen LogP contribution in [0.25, 0.3) is 0 Å². The lowest BCUT2D eigenvalue weighted by Gasteiger charge is -2.31. The molecule has 2 aromatic rings. The van der Waals surface area contributed by atoms with E-state index in [9.17, 15) is 14.4 Å². The first kappa shape index (κ1) is 20.1. The third-order valence-corrected chi connectivity index (χ3v) is 5.95. The Kier molecular flexibility index (Phi) is 5.58. The molecular formula is C23H25FN4O2. The molecule has 1 aliphatic heterocycles. The minimum atomic E-state index is -0.396. The van der Waals surface area contributed by atoms with Crippen LogP contribution < -0.4 is 15.0 Å². The molecule has 2 fully saturated rings. The summed E-state index contributed by atoms with van der Waals surface area (Å²) >= 11 is 0. The Hall–Kier alpha value is -3.14. The van der Waals surface area contributed by atoms with Crippen LogP contribution in [0.15, 0.2) is 36.5 Å². The number of rotatable bonds is 6. The van der Waals surface area contributed by atoms with Gasteiger partial charge in [-0.25, -0.2) is 4.39 Å². The van der Waals surface area contributed by atoms with Crippen molar-refractivity contribution < 1.29 is 13.9 Å². The van der Waals surface area contributed by atoms with Crippen LogP contribution in [0.5, 0.6) is 5.75 Å². The molecule has 4 rings (SSSR count). The van der Waals surface area contributed by atoms with Gasteiger partial charge in [-0.05, 0) is 68.0 Å². The maximum atomic E-state index is 13.7. The second-order valence-corrected chi connectivity index (χ2v) is 8.18. The number of hydrogen-bond donors (Lipinski definition) is 1. The Morgan fingerprint density at radius 1 is 1.40 bits per heavy atom. The molecule has 1 saturated heterocycles. The first-order chi connectivity index (χ1) is 14.5. The van der Waals surface area contributed by atoms with Crippen LogP contribution in [0.2, 0.25) is 0 Å². The Morgan fingerprint density at radius 3 is 2.97 bits per heavy atom. The molecular weight excluding hydrogens is 383 g/mol. The third kappa shape index (κ3) is 4.38. The van der Waals surface area contributed by atoms with Gasteiger partial charge in [0.25, 0.3) is 5.91 Å². The number of carbonyl (C=O) groups excluding carboxylic acids is 1. The lowest BCUT2D eigenvalue weighted by molar-refractivity contribution is 0.0926. The van der Waals surface area contributed by atoms with Crippen molar-refractivity contribution in [3.63, 3.8) is 0 Å². The van der Waals surface area contributed by atoms with Crippen molar-refractivity contribution in [3.05, 3.63) is 53.6 Å². The zero-order chi connectivity index (χ0) is 21.1. The number of nitrogens with one attached hydrogen (secondary N) is 1. The van der Waals surface area contributed by atoms with Gasteiger partial charge in [0, 0.05) is 30.5 Å². The number of anilines is 1. The number of halogens is 1. The SMILES string of the molecule is COc1ccc(F)cc1CC1(NC(=O)c2cc(N3CCC[C@@H](C#N)C3)ccn2)CC1. The standard InChI is InChI=1S/C23H25FN4O2/c1-30-21-5-4-18(24)11-17(21)13-23(7-8-23)27-22(29)20-12-19(6-9-26-20)28-10-2-3-16(14-25)15-28/h4-6,9,11-12,16H,2-3,7-8,10,13,15H2,1H3,(H,27,29)/t16-/m0/s1. The van der Waals surface area contributed by atoms with E-state index in [1.54, 1.807) is 25.4 Å². The summed E-state index contributed by atoms with van der Waals surface area (Å²) in [5.74, 6) is 0.0763. The van der Waals surface area contributed by atoms with E-state index < -0.39 is 5.54 Å². The number of aromatic nitrogens is 1. The third-order valence-electron chi connectivity index (χ3n) is 5.95. The van der Waals surface area contributed by atoms with Gasteiger partial charge in [0.15, 0.2) is 0 Å². The molecule has 1 aliphatic carbocycles. The van der Waals surface area contributed by atoms with Crippen molar-refractivity contribution in [2.45, 2.75) is 37.6 Å². The summed E-state index contributed by atoms with van der Waals surface area (Å²) in [4.78, 5) is 19.3. The summed E-state index contributed by atoms with van der Waals surface area (Å²) in [6, 6.07) is 10.4. The summed E-state index contributed by atoms with van der Waals surface area (Å²) in [6.45, 7) is 1.54. The molecule has 6 nitrogen and oxygen atoms in total. The number of nitrogens with zero attached hydrogens (tertiary/aromatic N) is 3. The summed E-state index contributed by atoms with van der Waals surface area (Å²) in [5, 5.41) is 12.3. The predicted octanol–water partition coefficient (Wildman–Crippen LogP) is 3.47. The highest BCUT2D eigenvalue weighted by Gasteiger charge is 2.45. The number of hydrogen-bond acceptors (Lipinski definition) is 5. The smallest absolute Gasteiger partial charge is 0.270 e. The number of piperidine rings is 1. The molecule has 0 bridgehead atoms. The summed E-state index contributed by atoms with van der Waals surface area (Å²) < 4.78 is 19.0. The van der Waals surface area contributed by atoms with Crippen LogP contribution in [0.1, 0.15) is 41.7 Å². The predicted molar refractivity (Wildman–Crippen MR) is 111 cm³/mol. The van der Waals surface area contributed by atoms with Crippen LogP contribution in [0, 0.1) is 23.1 Å². The summed E-state index contributed by atoms with van der Waals surface area (Å²) in [5.41, 5.74) is 1.61. The molecule has 1 N–H and O–H groups in total.